The summed E-state index contributed by atoms with van der Waals surface area (Å²) < 4.78 is 0. The molecule has 0 aliphatic heterocycles. The number of aryl methyl sites for hydroxylation is 1. The van der Waals surface area contributed by atoms with Crippen LogP contribution < -0.4 is 0 Å². The molecule has 0 unspecified atom stereocenters. The van der Waals surface area contributed by atoms with Crippen molar-refractivity contribution in [3.63, 3.8) is 0 Å². The van der Waals surface area contributed by atoms with Gasteiger partial charge in [0.05, 0.1) is 5.60 Å². The second-order valence-corrected chi connectivity index (χ2v) is 4.58. The van der Waals surface area contributed by atoms with E-state index in [1.807, 2.05) is 6.20 Å². The van der Waals surface area contributed by atoms with Gasteiger partial charge in [0.2, 0.25) is 0 Å². The van der Waals surface area contributed by atoms with E-state index in [1.54, 1.807) is 0 Å². The van der Waals surface area contributed by atoms with Gasteiger partial charge in [-0.1, -0.05) is 12.1 Å². The van der Waals surface area contributed by atoms with Crippen LogP contribution in [0.1, 0.15) is 24.8 Å². The molecule has 2 N–H and O–H groups in total. The minimum Gasteiger partial charge on any atom is -0.390 e. The van der Waals surface area contributed by atoms with Crippen molar-refractivity contribution in [2.24, 2.45) is 0 Å². The Balaban J connectivity index is 1.86. The van der Waals surface area contributed by atoms with Crippen molar-refractivity contribution in [2.45, 2.75) is 31.3 Å². The normalized spacial score (nSPS) is 18.2. The van der Waals surface area contributed by atoms with E-state index in [-0.39, 0.29) is 5.60 Å². The molecule has 2 heteroatoms. The maximum absolute atomic E-state index is 9.80. The van der Waals surface area contributed by atoms with Crippen LogP contribution in [0.2, 0.25) is 0 Å². The molecule has 0 amide bonds. The first-order valence-corrected chi connectivity index (χ1v) is 5.54. The number of rotatable bonds is 3. The highest BCUT2D eigenvalue weighted by Gasteiger charge is 2.39. The zero-order valence-electron chi connectivity index (χ0n) is 8.66. The number of nitrogens with one attached hydrogen (secondary N) is 1. The Morgan fingerprint density at radius 1 is 1.27 bits per heavy atom. The fraction of sp³-hybridized carbons (Fsp3) is 0.385. The van der Waals surface area contributed by atoms with E-state index in [2.05, 4.69) is 29.2 Å². The third-order valence-corrected chi connectivity index (χ3v) is 3.37. The molecular weight excluding hydrogens is 186 g/mol. The molecule has 2 nitrogen and oxygen atoms in total. The van der Waals surface area contributed by atoms with Gasteiger partial charge in [-0.2, -0.15) is 0 Å². The monoisotopic (exact) mass is 201 g/mol. The minimum atomic E-state index is -0.335. The number of hydrogen-bond acceptors (Lipinski definition) is 1. The molecule has 15 heavy (non-hydrogen) atoms. The van der Waals surface area contributed by atoms with Gasteiger partial charge in [-0.15, -0.1) is 0 Å². The van der Waals surface area contributed by atoms with Crippen LogP contribution in [-0.4, -0.2) is 15.7 Å². The van der Waals surface area contributed by atoms with E-state index in [4.69, 9.17) is 0 Å². The highest BCUT2D eigenvalue weighted by atomic mass is 16.3. The summed E-state index contributed by atoms with van der Waals surface area (Å²) in [7, 11) is 0. The van der Waals surface area contributed by atoms with Crippen LogP contribution in [0, 0.1) is 0 Å². The molecule has 0 radical (unpaired) electrons. The smallest absolute Gasteiger partial charge is 0.0653 e. The first kappa shape index (κ1) is 8.98. The summed E-state index contributed by atoms with van der Waals surface area (Å²) in [4.78, 5) is 3.21. The van der Waals surface area contributed by atoms with Gasteiger partial charge < -0.3 is 10.1 Å². The summed E-state index contributed by atoms with van der Waals surface area (Å²) in [6.45, 7) is 0. The molecular formula is C13H15NO. The zero-order chi connectivity index (χ0) is 10.3. The number of aromatic amines is 1. The first-order chi connectivity index (χ1) is 7.27. The molecule has 3 rings (SSSR count). The molecule has 1 heterocycles. The molecule has 1 aromatic heterocycles. The van der Waals surface area contributed by atoms with E-state index in [0.717, 1.165) is 25.7 Å². The van der Waals surface area contributed by atoms with E-state index >= 15 is 0 Å². The van der Waals surface area contributed by atoms with Crippen molar-refractivity contribution in [1.29, 1.82) is 0 Å². The van der Waals surface area contributed by atoms with Crippen molar-refractivity contribution in [3.05, 3.63) is 36.0 Å². The standard InChI is InChI=1S/C13H15NO/c15-13(7-8-13)6-4-10-2-1-3-12-11(10)5-9-14-12/h1-3,5,9,14-15H,4,6-8H2. The molecule has 0 saturated heterocycles. The summed E-state index contributed by atoms with van der Waals surface area (Å²) in [5, 5.41) is 11.1. The van der Waals surface area contributed by atoms with E-state index in [0.29, 0.717) is 0 Å². The van der Waals surface area contributed by atoms with Gasteiger partial charge in [0, 0.05) is 17.1 Å². The highest BCUT2D eigenvalue weighted by molar-refractivity contribution is 5.82. The molecule has 78 valence electrons. The summed E-state index contributed by atoms with van der Waals surface area (Å²) in [5.41, 5.74) is 2.20. The molecule has 1 saturated carbocycles. The second-order valence-electron chi connectivity index (χ2n) is 4.58. The van der Waals surface area contributed by atoms with E-state index in [9.17, 15) is 5.11 Å². The molecule has 1 aromatic carbocycles. The largest absolute Gasteiger partial charge is 0.390 e. The van der Waals surface area contributed by atoms with Gasteiger partial charge >= 0.3 is 0 Å². The van der Waals surface area contributed by atoms with Crippen molar-refractivity contribution in [3.8, 4) is 0 Å². The Kier molecular flexibility index (Phi) is 1.86. The third kappa shape index (κ3) is 1.65. The van der Waals surface area contributed by atoms with Crippen LogP contribution in [0.15, 0.2) is 30.5 Å². The number of H-pyrrole nitrogens is 1. The maximum Gasteiger partial charge on any atom is 0.0653 e. The molecule has 0 atom stereocenters. The number of benzene rings is 1. The topological polar surface area (TPSA) is 36.0 Å². The zero-order valence-corrected chi connectivity index (χ0v) is 8.66. The third-order valence-electron chi connectivity index (χ3n) is 3.37. The Labute approximate surface area is 88.9 Å². The Bertz CT molecular complexity index is 482. The molecule has 1 aliphatic carbocycles. The lowest BCUT2D eigenvalue weighted by molar-refractivity contribution is 0.140. The lowest BCUT2D eigenvalue weighted by Crippen LogP contribution is -2.07. The summed E-state index contributed by atoms with van der Waals surface area (Å²) in [6.07, 6.45) is 5.81. The van der Waals surface area contributed by atoms with Gasteiger partial charge in [0.1, 0.15) is 0 Å². The number of hydrogen-bond donors (Lipinski definition) is 2. The van der Waals surface area contributed by atoms with Crippen molar-refractivity contribution in [1.82, 2.24) is 4.98 Å². The van der Waals surface area contributed by atoms with Crippen LogP contribution in [-0.2, 0) is 6.42 Å². The summed E-state index contributed by atoms with van der Waals surface area (Å²) in [5.74, 6) is 0. The predicted molar refractivity (Wildman–Crippen MR) is 60.8 cm³/mol. The summed E-state index contributed by atoms with van der Waals surface area (Å²) in [6, 6.07) is 8.43. The Morgan fingerprint density at radius 3 is 2.93 bits per heavy atom. The van der Waals surface area contributed by atoms with Crippen LogP contribution in [0.4, 0.5) is 0 Å². The molecule has 0 bridgehead atoms. The summed E-state index contributed by atoms with van der Waals surface area (Å²) >= 11 is 0. The second kappa shape index (κ2) is 3.11. The fourth-order valence-electron chi connectivity index (χ4n) is 2.13. The fourth-order valence-corrected chi connectivity index (χ4v) is 2.13. The van der Waals surface area contributed by atoms with Crippen LogP contribution >= 0.6 is 0 Å². The Hall–Kier alpha value is -1.28. The van der Waals surface area contributed by atoms with Gasteiger partial charge in [0.15, 0.2) is 0 Å². The number of fused-ring (bicyclic) bond motifs is 1. The van der Waals surface area contributed by atoms with E-state index < -0.39 is 0 Å². The van der Waals surface area contributed by atoms with Gasteiger partial charge in [-0.05, 0) is 43.4 Å². The minimum absolute atomic E-state index is 0.335. The molecule has 1 aliphatic rings. The van der Waals surface area contributed by atoms with Crippen LogP contribution in [0.25, 0.3) is 10.9 Å². The predicted octanol–water partition coefficient (Wildman–Crippen LogP) is 2.63. The van der Waals surface area contributed by atoms with E-state index in [1.165, 1.54) is 16.5 Å². The maximum atomic E-state index is 9.80. The molecule has 1 fully saturated rings. The van der Waals surface area contributed by atoms with Gasteiger partial charge in [-0.25, -0.2) is 0 Å². The highest BCUT2D eigenvalue weighted by Crippen LogP contribution is 2.39. The molecule has 2 aromatic rings. The molecule has 0 spiro atoms. The SMILES string of the molecule is OC1(CCc2cccc3[nH]ccc23)CC1. The van der Waals surface area contributed by atoms with Crippen LogP contribution in [0.3, 0.4) is 0 Å². The van der Waals surface area contributed by atoms with Crippen molar-refractivity contribution >= 4 is 10.9 Å². The average molecular weight is 201 g/mol. The van der Waals surface area contributed by atoms with Gasteiger partial charge in [0.25, 0.3) is 0 Å². The quantitative estimate of drug-likeness (QED) is 0.786. The average Bonchev–Trinajstić information content (AvgIpc) is 2.80. The number of aromatic nitrogens is 1. The lowest BCUT2D eigenvalue weighted by atomic mass is 10.0. The first-order valence-electron chi connectivity index (χ1n) is 5.54. The number of aliphatic hydroxyl groups is 1. The Morgan fingerprint density at radius 2 is 2.13 bits per heavy atom. The van der Waals surface area contributed by atoms with Crippen molar-refractivity contribution < 1.29 is 5.11 Å². The van der Waals surface area contributed by atoms with Gasteiger partial charge in [-0.3, -0.25) is 0 Å². The van der Waals surface area contributed by atoms with Crippen LogP contribution in [0.5, 0.6) is 0 Å². The lowest BCUT2D eigenvalue weighted by Gasteiger charge is -2.07. The van der Waals surface area contributed by atoms with Crippen molar-refractivity contribution in [2.75, 3.05) is 0 Å².